The maximum absolute atomic E-state index is 11.7. The van der Waals surface area contributed by atoms with Gasteiger partial charge in [0.2, 0.25) is 0 Å². The summed E-state index contributed by atoms with van der Waals surface area (Å²) in [5.74, 6) is 0.00502. The maximum atomic E-state index is 11.7. The highest BCUT2D eigenvalue weighted by Crippen LogP contribution is 2.16. The average molecular weight is 250 g/mol. The molecule has 1 fully saturated rings. The van der Waals surface area contributed by atoms with Gasteiger partial charge in [-0.1, -0.05) is 0 Å². The molecule has 0 saturated carbocycles. The van der Waals surface area contributed by atoms with E-state index in [-0.39, 0.29) is 12.5 Å². The van der Waals surface area contributed by atoms with Crippen LogP contribution in [-0.2, 0) is 19.7 Å². The Morgan fingerprint density at radius 3 is 2.56 bits per heavy atom. The van der Waals surface area contributed by atoms with Crippen LogP contribution in [0.3, 0.4) is 0 Å². The molecular formula is C9H18N2O4S. The highest BCUT2D eigenvalue weighted by Gasteiger charge is 2.27. The van der Waals surface area contributed by atoms with Crippen LogP contribution in [0, 0.1) is 5.92 Å². The zero-order valence-corrected chi connectivity index (χ0v) is 10.2. The van der Waals surface area contributed by atoms with E-state index in [1.165, 1.54) is 11.4 Å². The Hall–Kier alpha value is -0.500. The van der Waals surface area contributed by atoms with E-state index in [1.807, 2.05) is 0 Å². The highest BCUT2D eigenvalue weighted by atomic mass is 32.2. The van der Waals surface area contributed by atoms with Crippen LogP contribution < -0.4 is 4.72 Å². The summed E-state index contributed by atoms with van der Waals surface area (Å²) >= 11 is 0. The van der Waals surface area contributed by atoms with E-state index in [0.29, 0.717) is 32.5 Å². The predicted octanol–water partition coefficient (Wildman–Crippen LogP) is -0.622. The molecule has 94 valence electrons. The van der Waals surface area contributed by atoms with Crippen LogP contribution >= 0.6 is 0 Å². The molecule has 1 rings (SSSR count). The van der Waals surface area contributed by atoms with Crippen LogP contribution in [0.25, 0.3) is 0 Å². The first kappa shape index (κ1) is 13.6. The minimum atomic E-state index is -3.40. The first-order valence-electron chi connectivity index (χ1n) is 5.29. The van der Waals surface area contributed by atoms with Crippen LogP contribution in [0.4, 0.5) is 0 Å². The summed E-state index contributed by atoms with van der Waals surface area (Å²) in [6.45, 7) is 1.44. The van der Waals surface area contributed by atoms with Crippen molar-refractivity contribution < 1.29 is 17.9 Å². The van der Waals surface area contributed by atoms with Gasteiger partial charge in [-0.3, -0.25) is 0 Å². The molecule has 0 aromatic carbocycles. The standard InChI is InChI=1S/C9H18N2O4S/c1-15-7-4-10-16(13,14)11-5-2-9(8-12)3-6-11/h8-10H,2-7H2,1H3. The third kappa shape index (κ3) is 3.82. The van der Waals surface area contributed by atoms with E-state index < -0.39 is 10.2 Å². The van der Waals surface area contributed by atoms with E-state index in [2.05, 4.69) is 4.72 Å². The quantitative estimate of drug-likeness (QED) is 0.503. The minimum absolute atomic E-state index is 0.00502. The van der Waals surface area contributed by atoms with Gasteiger partial charge in [-0.05, 0) is 12.8 Å². The van der Waals surface area contributed by atoms with E-state index in [1.54, 1.807) is 0 Å². The van der Waals surface area contributed by atoms with Crippen molar-refractivity contribution in [2.75, 3.05) is 33.4 Å². The average Bonchev–Trinajstić information content (AvgIpc) is 2.29. The molecule has 16 heavy (non-hydrogen) atoms. The Morgan fingerprint density at radius 1 is 1.44 bits per heavy atom. The molecule has 0 atom stereocenters. The number of piperidine rings is 1. The summed E-state index contributed by atoms with van der Waals surface area (Å²) in [5, 5.41) is 0. The Balaban J connectivity index is 2.42. The lowest BCUT2D eigenvalue weighted by Crippen LogP contribution is -2.45. The largest absolute Gasteiger partial charge is 0.383 e. The maximum Gasteiger partial charge on any atom is 0.279 e. The fourth-order valence-electron chi connectivity index (χ4n) is 1.62. The van der Waals surface area contributed by atoms with Crippen molar-refractivity contribution >= 4 is 16.5 Å². The number of rotatable bonds is 6. The van der Waals surface area contributed by atoms with E-state index in [0.717, 1.165) is 6.29 Å². The fourth-order valence-corrected chi connectivity index (χ4v) is 2.83. The number of ether oxygens (including phenoxy) is 1. The Morgan fingerprint density at radius 2 is 2.06 bits per heavy atom. The van der Waals surface area contributed by atoms with Gasteiger partial charge < -0.3 is 9.53 Å². The Labute approximate surface area is 96.1 Å². The van der Waals surface area contributed by atoms with Gasteiger partial charge in [-0.25, -0.2) is 0 Å². The molecule has 1 aliphatic rings. The number of hydrogen-bond donors (Lipinski definition) is 1. The predicted molar refractivity (Wildman–Crippen MR) is 59.2 cm³/mol. The first-order valence-corrected chi connectivity index (χ1v) is 6.73. The third-order valence-electron chi connectivity index (χ3n) is 2.62. The van der Waals surface area contributed by atoms with Crippen LogP contribution in [0.15, 0.2) is 0 Å². The van der Waals surface area contributed by atoms with Crippen molar-refractivity contribution in [3.8, 4) is 0 Å². The molecule has 6 nitrogen and oxygen atoms in total. The van der Waals surface area contributed by atoms with Crippen molar-refractivity contribution in [2.45, 2.75) is 12.8 Å². The Bertz CT molecular complexity index is 309. The molecule has 0 amide bonds. The monoisotopic (exact) mass is 250 g/mol. The summed E-state index contributed by atoms with van der Waals surface area (Å²) < 4.78 is 32.0. The minimum Gasteiger partial charge on any atom is -0.383 e. The topological polar surface area (TPSA) is 75.7 Å². The van der Waals surface area contributed by atoms with Gasteiger partial charge >= 0.3 is 0 Å². The van der Waals surface area contributed by atoms with Crippen molar-refractivity contribution in [2.24, 2.45) is 5.92 Å². The SMILES string of the molecule is COCCNS(=O)(=O)N1CCC(C=O)CC1. The van der Waals surface area contributed by atoms with Crippen molar-refractivity contribution in [3.05, 3.63) is 0 Å². The smallest absolute Gasteiger partial charge is 0.279 e. The normalized spacial score (nSPS) is 19.8. The van der Waals surface area contributed by atoms with Crippen LogP contribution in [-0.4, -0.2) is 52.4 Å². The number of carbonyl (C=O) groups excluding carboxylic acids is 1. The van der Waals surface area contributed by atoms with Gasteiger partial charge in [0.15, 0.2) is 0 Å². The molecule has 0 aromatic rings. The summed E-state index contributed by atoms with van der Waals surface area (Å²) in [6, 6.07) is 0. The summed E-state index contributed by atoms with van der Waals surface area (Å²) in [6.07, 6.45) is 2.12. The number of aldehydes is 1. The summed E-state index contributed by atoms with van der Waals surface area (Å²) in [5.41, 5.74) is 0. The lowest BCUT2D eigenvalue weighted by Gasteiger charge is -2.28. The van der Waals surface area contributed by atoms with Crippen LogP contribution in [0.2, 0.25) is 0 Å². The number of carbonyl (C=O) groups is 1. The van der Waals surface area contributed by atoms with Crippen LogP contribution in [0.1, 0.15) is 12.8 Å². The lowest BCUT2D eigenvalue weighted by atomic mass is 10.0. The molecule has 7 heteroatoms. The number of methoxy groups -OCH3 is 1. The second kappa shape index (κ2) is 6.29. The van der Waals surface area contributed by atoms with E-state index in [4.69, 9.17) is 4.74 Å². The Kier molecular flexibility index (Phi) is 5.33. The van der Waals surface area contributed by atoms with E-state index in [9.17, 15) is 13.2 Å². The van der Waals surface area contributed by atoms with Crippen LogP contribution in [0.5, 0.6) is 0 Å². The van der Waals surface area contributed by atoms with Gasteiger partial charge in [0, 0.05) is 32.7 Å². The van der Waals surface area contributed by atoms with Crippen molar-refractivity contribution in [3.63, 3.8) is 0 Å². The zero-order valence-electron chi connectivity index (χ0n) is 9.39. The number of hydrogen-bond acceptors (Lipinski definition) is 4. The van der Waals surface area contributed by atoms with Crippen molar-refractivity contribution in [1.29, 1.82) is 0 Å². The first-order chi connectivity index (χ1) is 7.60. The molecule has 0 bridgehead atoms. The van der Waals surface area contributed by atoms with E-state index >= 15 is 0 Å². The van der Waals surface area contributed by atoms with Crippen molar-refractivity contribution in [1.82, 2.24) is 9.03 Å². The molecule has 0 unspecified atom stereocenters. The number of nitrogens with one attached hydrogen (secondary N) is 1. The zero-order chi connectivity index (χ0) is 12.0. The highest BCUT2D eigenvalue weighted by molar-refractivity contribution is 7.87. The molecule has 1 heterocycles. The van der Waals surface area contributed by atoms with Gasteiger partial charge in [-0.15, -0.1) is 0 Å². The molecule has 1 N–H and O–H groups in total. The fraction of sp³-hybridized carbons (Fsp3) is 0.889. The number of nitrogens with zero attached hydrogens (tertiary/aromatic N) is 1. The second-order valence-corrected chi connectivity index (χ2v) is 5.52. The lowest BCUT2D eigenvalue weighted by molar-refractivity contribution is -0.112. The molecule has 0 spiro atoms. The molecule has 1 saturated heterocycles. The van der Waals surface area contributed by atoms with Gasteiger partial charge in [0.25, 0.3) is 10.2 Å². The molecule has 0 aliphatic carbocycles. The third-order valence-corrected chi connectivity index (χ3v) is 4.24. The molecule has 1 aliphatic heterocycles. The molecule has 0 radical (unpaired) electrons. The molecular weight excluding hydrogens is 232 g/mol. The van der Waals surface area contributed by atoms with Gasteiger partial charge in [-0.2, -0.15) is 17.4 Å². The van der Waals surface area contributed by atoms with Gasteiger partial charge in [0.05, 0.1) is 6.61 Å². The molecule has 0 aromatic heterocycles. The summed E-state index contributed by atoms with van der Waals surface area (Å²) in [4.78, 5) is 10.5. The summed E-state index contributed by atoms with van der Waals surface area (Å²) in [7, 11) is -1.88. The second-order valence-electron chi connectivity index (χ2n) is 3.76. The van der Waals surface area contributed by atoms with Gasteiger partial charge in [0.1, 0.15) is 6.29 Å².